The lowest BCUT2D eigenvalue weighted by Gasteiger charge is -2.19. The zero-order valence-corrected chi connectivity index (χ0v) is 8.61. The normalized spacial score (nSPS) is 11.8. The molecule has 1 nitrogen and oxygen atoms in total. The third-order valence-corrected chi connectivity index (χ3v) is 2.11. The molecule has 72 valence electrons. The van der Waals surface area contributed by atoms with Crippen LogP contribution in [0.4, 0.5) is 4.39 Å². The predicted octanol–water partition coefficient (Wildman–Crippen LogP) is 3.01. The van der Waals surface area contributed by atoms with Crippen molar-refractivity contribution in [3.63, 3.8) is 0 Å². The highest BCUT2D eigenvalue weighted by atomic mass is 35.5. The Balaban J connectivity index is 3.37. The Morgan fingerprint density at radius 2 is 1.92 bits per heavy atom. The second-order valence-electron chi connectivity index (χ2n) is 3.67. The summed E-state index contributed by atoms with van der Waals surface area (Å²) < 4.78 is 13.4. The van der Waals surface area contributed by atoms with Crippen LogP contribution in [0, 0.1) is 12.7 Å². The molecule has 0 saturated heterocycles. The summed E-state index contributed by atoms with van der Waals surface area (Å²) in [5, 5.41) is 9.67. The van der Waals surface area contributed by atoms with Gasteiger partial charge in [-0.25, -0.2) is 4.39 Å². The van der Waals surface area contributed by atoms with Gasteiger partial charge in [-0.2, -0.15) is 0 Å². The van der Waals surface area contributed by atoms with Crippen LogP contribution < -0.4 is 0 Å². The van der Waals surface area contributed by atoms with Crippen molar-refractivity contribution in [2.75, 3.05) is 0 Å². The quantitative estimate of drug-likeness (QED) is 0.742. The van der Waals surface area contributed by atoms with Gasteiger partial charge in [0.15, 0.2) is 0 Å². The Morgan fingerprint density at radius 1 is 1.38 bits per heavy atom. The standard InChI is InChI=1S/C10H12ClFO/c1-6-4-7(10(2,3)13)9(12)8(11)5-6/h4-5,13H,1-3H3. The number of hydrogen-bond acceptors (Lipinski definition) is 1. The molecular formula is C10H12ClFO. The van der Waals surface area contributed by atoms with Gasteiger partial charge < -0.3 is 5.11 Å². The molecule has 0 aromatic heterocycles. The highest BCUT2D eigenvalue weighted by Crippen LogP contribution is 2.28. The Bertz CT molecular complexity index is 328. The van der Waals surface area contributed by atoms with Gasteiger partial charge in [-0.3, -0.25) is 0 Å². The van der Waals surface area contributed by atoms with E-state index >= 15 is 0 Å². The largest absolute Gasteiger partial charge is 0.386 e. The van der Waals surface area contributed by atoms with Crippen molar-refractivity contribution >= 4 is 11.6 Å². The molecule has 0 aliphatic heterocycles. The fraction of sp³-hybridized carbons (Fsp3) is 0.400. The first-order valence-corrected chi connectivity index (χ1v) is 4.38. The average molecular weight is 203 g/mol. The van der Waals surface area contributed by atoms with Crippen LogP contribution in [-0.4, -0.2) is 5.11 Å². The van der Waals surface area contributed by atoms with Gasteiger partial charge in [-0.15, -0.1) is 0 Å². The van der Waals surface area contributed by atoms with Crippen molar-refractivity contribution in [1.82, 2.24) is 0 Å². The van der Waals surface area contributed by atoms with Crippen molar-refractivity contribution in [3.8, 4) is 0 Å². The van der Waals surface area contributed by atoms with Gasteiger partial charge in [0, 0.05) is 5.56 Å². The summed E-state index contributed by atoms with van der Waals surface area (Å²) in [5.74, 6) is -0.542. The molecule has 0 radical (unpaired) electrons. The Hall–Kier alpha value is -0.600. The summed E-state index contributed by atoms with van der Waals surface area (Å²) in [4.78, 5) is 0. The molecule has 1 aromatic carbocycles. The number of benzene rings is 1. The van der Waals surface area contributed by atoms with Crippen LogP contribution in [-0.2, 0) is 5.60 Å². The van der Waals surface area contributed by atoms with Crippen LogP contribution in [0.25, 0.3) is 0 Å². The van der Waals surface area contributed by atoms with Gasteiger partial charge in [0.1, 0.15) is 5.82 Å². The highest BCUT2D eigenvalue weighted by molar-refractivity contribution is 6.30. The fourth-order valence-electron chi connectivity index (χ4n) is 1.17. The maximum absolute atomic E-state index is 13.4. The van der Waals surface area contributed by atoms with Crippen molar-refractivity contribution in [3.05, 3.63) is 34.1 Å². The van der Waals surface area contributed by atoms with Crippen LogP contribution in [0.1, 0.15) is 25.0 Å². The number of aliphatic hydroxyl groups is 1. The third kappa shape index (κ3) is 2.20. The molecule has 1 rings (SSSR count). The van der Waals surface area contributed by atoms with E-state index in [4.69, 9.17) is 11.6 Å². The Labute approximate surface area is 82.2 Å². The lowest BCUT2D eigenvalue weighted by molar-refractivity contribution is 0.0745. The summed E-state index contributed by atoms with van der Waals surface area (Å²) >= 11 is 5.64. The zero-order chi connectivity index (χ0) is 10.2. The molecule has 0 spiro atoms. The van der Waals surface area contributed by atoms with Gasteiger partial charge in [-0.1, -0.05) is 17.7 Å². The molecule has 0 bridgehead atoms. The molecule has 0 aliphatic carbocycles. The molecule has 3 heteroatoms. The van der Waals surface area contributed by atoms with Gasteiger partial charge in [0.05, 0.1) is 10.6 Å². The van der Waals surface area contributed by atoms with E-state index in [2.05, 4.69) is 0 Å². The van der Waals surface area contributed by atoms with Gasteiger partial charge >= 0.3 is 0 Å². The Morgan fingerprint density at radius 3 is 2.38 bits per heavy atom. The lowest BCUT2D eigenvalue weighted by Crippen LogP contribution is -2.18. The minimum absolute atomic E-state index is 0.0529. The van der Waals surface area contributed by atoms with E-state index in [0.717, 1.165) is 5.56 Å². The van der Waals surface area contributed by atoms with Crippen molar-refractivity contribution in [2.24, 2.45) is 0 Å². The monoisotopic (exact) mass is 202 g/mol. The van der Waals surface area contributed by atoms with Crippen molar-refractivity contribution in [1.29, 1.82) is 0 Å². The Kier molecular flexibility index (Phi) is 2.64. The van der Waals surface area contributed by atoms with Crippen LogP contribution in [0.2, 0.25) is 5.02 Å². The van der Waals surface area contributed by atoms with Crippen molar-refractivity contribution in [2.45, 2.75) is 26.4 Å². The number of halogens is 2. The molecule has 0 saturated carbocycles. The first-order valence-electron chi connectivity index (χ1n) is 4.01. The van der Waals surface area contributed by atoms with Gasteiger partial charge in [0.2, 0.25) is 0 Å². The summed E-state index contributed by atoms with van der Waals surface area (Å²) in [6.45, 7) is 4.86. The van der Waals surface area contributed by atoms with Crippen LogP contribution in [0.3, 0.4) is 0 Å². The highest BCUT2D eigenvalue weighted by Gasteiger charge is 2.22. The average Bonchev–Trinajstić information content (AvgIpc) is 1.94. The summed E-state index contributed by atoms with van der Waals surface area (Å²) in [6, 6.07) is 3.13. The lowest BCUT2D eigenvalue weighted by atomic mass is 9.96. The maximum atomic E-state index is 13.4. The first-order chi connectivity index (χ1) is 5.82. The zero-order valence-electron chi connectivity index (χ0n) is 7.86. The predicted molar refractivity (Wildman–Crippen MR) is 51.4 cm³/mol. The molecule has 0 fully saturated rings. The topological polar surface area (TPSA) is 20.2 Å². The molecule has 0 amide bonds. The van der Waals surface area contributed by atoms with Gasteiger partial charge in [0.25, 0.3) is 0 Å². The molecular weight excluding hydrogens is 191 g/mol. The molecule has 1 N–H and O–H groups in total. The molecule has 0 aliphatic rings. The second-order valence-corrected chi connectivity index (χ2v) is 4.07. The van der Waals surface area contributed by atoms with Gasteiger partial charge in [-0.05, 0) is 32.4 Å². The second kappa shape index (κ2) is 3.28. The molecule has 13 heavy (non-hydrogen) atoms. The first kappa shape index (κ1) is 10.5. The summed E-state index contributed by atoms with van der Waals surface area (Å²) in [5.41, 5.74) is -0.124. The van der Waals surface area contributed by atoms with E-state index in [-0.39, 0.29) is 10.6 Å². The summed E-state index contributed by atoms with van der Waals surface area (Å²) in [7, 11) is 0. The van der Waals surface area contributed by atoms with E-state index in [1.807, 2.05) is 0 Å². The van der Waals surface area contributed by atoms with E-state index in [1.165, 1.54) is 19.9 Å². The van der Waals surface area contributed by atoms with E-state index in [0.29, 0.717) is 0 Å². The SMILES string of the molecule is Cc1cc(Cl)c(F)c(C(C)(C)O)c1. The number of hydrogen-bond donors (Lipinski definition) is 1. The molecule has 0 heterocycles. The van der Waals surface area contributed by atoms with Crippen molar-refractivity contribution < 1.29 is 9.50 Å². The van der Waals surface area contributed by atoms with Crippen LogP contribution in [0.5, 0.6) is 0 Å². The molecule has 0 atom stereocenters. The smallest absolute Gasteiger partial charge is 0.147 e. The van der Waals surface area contributed by atoms with Crippen LogP contribution in [0.15, 0.2) is 12.1 Å². The molecule has 0 unspecified atom stereocenters. The third-order valence-electron chi connectivity index (χ3n) is 1.83. The van der Waals surface area contributed by atoms with E-state index in [9.17, 15) is 9.50 Å². The summed E-state index contributed by atoms with van der Waals surface area (Å²) in [6.07, 6.45) is 0. The minimum atomic E-state index is -1.19. The van der Waals surface area contributed by atoms with E-state index in [1.54, 1.807) is 13.0 Å². The fourth-order valence-corrected chi connectivity index (χ4v) is 1.44. The van der Waals surface area contributed by atoms with E-state index < -0.39 is 11.4 Å². The van der Waals surface area contributed by atoms with Crippen LogP contribution >= 0.6 is 11.6 Å². The number of rotatable bonds is 1. The maximum Gasteiger partial charge on any atom is 0.147 e. The minimum Gasteiger partial charge on any atom is -0.386 e. The molecule has 1 aromatic rings. The number of aryl methyl sites for hydroxylation is 1.